The van der Waals surface area contributed by atoms with Gasteiger partial charge in [-0.3, -0.25) is 4.79 Å². The van der Waals surface area contributed by atoms with Crippen LogP contribution in [0.1, 0.15) is 18.4 Å². The molecule has 2 fully saturated rings. The standard InChI is InChI=1S/C14H16N2O3/c1-8-4-3-5-10(19-2)12(8)16-13(17)11(9-6-7-9)15-14(16)18/h3-5,9,11H,6-7H2,1-2H3,(H,15,18)/t11-/m1/s1. The molecule has 1 saturated carbocycles. The van der Waals surface area contributed by atoms with Crippen LogP contribution in [0, 0.1) is 12.8 Å². The number of urea groups is 1. The van der Waals surface area contributed by atoms with Crippen molar-refractivity contribution in [3.63, 3.8) is 0 Å². The molecule has 0 aromatic heterocycles. The summed E-state index contributed by atoms with van der Waals surface area (Å²) in [5.41, 5.74) is 1.40. The van der Waals surface area contributed by atoms with E-state index in [9.17, 15) is 9.59 Å². The molecule has 1 N–H and O–H groups in total. The molecule has 0 radical (unpaired) electrons. The molecule has 1 heterocycles. The average Bonchev–Trinajstić information content (AvgIpc) is 3.18. The molecule has 1 atom stereocenters. The molecular weight excluding hydrogens is 244 g/mol. The molecule has 3 rings (SSSR count). The van der Waals surface area contributed by atoms with Crippen molar-refractivity contribution < 1.29 is 14.3 Å². The van der Waals surface area contributed by atoms with Gasteiger partial charge in [-0.25, -0.2) is 9.69 Å². The van der Waals surface area contributed by atoms with Gasteiger partial charge in [0, 0.05) is 0 Å². The number of rotatable bonds is 3. The molecule has 1 aliphatic carbocycles. The van der Waals surface area contributed by atoms with Crippen molar-refractivity contribution >= 4 is 17.6 Å². The Morgan fingerprint density at radius 2 is 2.05 bits per heavy atom. The molecule has 1 aromatic rings. The molecule has 19 heavy (non-hydrogen) atoms. The molecule has 3 amide bonds. The summed E-state index contributed by atoms with van der Waals surface area (Å²) in [6.45, 7) is 1.86. The average molecular weight is 260 g/mol. The van der Waals surface area contributed by atoms with Gasteiger partial charge in [0.05, 0.1) is 12.8 Å². The Hall–Kier alpha value is -2.04. The molecule has 2 aliphatic rings. The third-order valence-electron chi connectivity index (χ3n) is 3.71. The summed E-state index contributed by atoms with van der Waals surface area (Å²) in [4.78, 5) is 25.7. The van der Waals surface area contributed by atoms with Crippen LogP contribution >= 0.6 is 0 Å². The highest BCUT2D eigenvalue weighted by atomic mass is 16.5. The van der Waals surface area contributed by atoms with Gasteiger partial charge in [-0.2, -0.15) is 0 Å². The van der Waals surface area contributed by atoms with E-state index < -0.39 is 0 Å². The van der Waals surface area contributed by atoms with E-state index >= 15 is 0 Å². The van der Waals surface area contributed by atoms with E-state index in [2.05, 4.69) is 5.32 Å². The second-order valence-electron chi connectivity index (χ2n) is 5.06. The van der Waals surface area contributed by atoms with Crippen molar-refractivity contribution in [1.82, 2.24) is 5.32 Å². The van der Waals surface area contributed by atoms with Crippen molar-refractivity contribution in [2.24, 2.45) is 5.92 Å². The number of amides is 3. The predicted octanol–water partition coefficient (Wildman–Crippen LogP) is 1.84. The topological polar surface area (TPSA) is 58.6 Å². The van der Waals surface area contributed by atoms with E-state index in [1.54, 1.807) is 6.07 Å². The number of aryl methyl sites for hydroxylation is 1. The number of ether oxygens (including phenoxy) is 1. The number of benzene rings is 1. The largest absolute Gasteiger partial charge is 0.495 e. The maximum atomic E-state index is 12.4. The third kappa shape index (κ3) is 1.85. The van der Waals surface area contributed by atoms with E-state index in [1.807, 2.05) is 19.1 Å². The normalized spacial score (nSPS) is 22.6. The molecule has 0 bridgehead atoms. The van der Waals surface area contributed by atoms with Crippen LogP contribution in [0.25, 0.3) is 0 Å². The number of carbonyl (C=O) groups is 2. The minimum atomic E-state index is -0.364. The Morgan fingerprint density at radius 1 is 1.32 bits per heavy atom. The Bertz CT molecular complexity index is 552. The fraction of sp³-hybridized carbons (Fsp3) is 0.429. The first-order valence-corrected chi connectivity index (χ1v) is 6.41. The van der Waals surface area contributed by atoms with Crippen molar-refractivity contribution in [1.29, 1.82) is 0 Å². The molecule has 1 saturated heterocycles. The first kappa shape index (κ1) is 12.0. The van der Waals surface area contributed by atoms with Crippen molar-refractivity contribution in [3.05, 3.63) is 23.8 Å². The number of nitrogens with one attached hydrogen (secondary N) is 1. The molecule has 1 aliphatic heterocycles. The molecule has 5 nitrogen and oxygen atoms in total. The summed E-state index contributed by atoms with van der Waals surface area (Å²) in [5, 5.41) is 2.77. The number of hydrogen-bond acceptors (Lipinski definition) is 3. The minimum Gasteiger partial charge on any atom is -0.495 e. The zero-order valence-electron chi connectivity index (χ0n) is 11.0. The van der Waals surface area contributed by atoms with Gasteiger partial charge in [-0.15, -0.1) is 0 Å². The lowest BCUT2D eigenvalue weighted by Gasteiger charge is -2.18. The summed E-state index contributed by atoms with van der Waals surface area (Å²) in [5.74, 6) is 0.677. The summed E-state index contributed by atoms with van der Waals surface area (Å²) < 4.78 is 5.27. The number of imide groups is 1. The summed E-state index contributed by atoms with van der Waals surface area (Å²) in [6.07, 6.45) is 2.02. The van der Waals surface area contributed by atoms with Crippen LogP contribution in [0.4, 0.5) is 10.5 Å². The lowest BCUT2D eigenvalue weighted by atomic mass is 10.1. The van der Waals surface area contributed by atoms with Gasteiger partial charge in [-0.1, -0.05) is 12.1 Å². The van der Waals surface area contributed by atoms with Gasteiger partial charge < -0.3 is 10.1 Å². The third-order valence-corrected chi connectivity index (χ3v) is 3.71. The highest BCUT2D eigenvalue weighted by Gasteiger charge is 2.47. The predicted molar refractivity (Wildman–Crippen MR) is 70.3 cm³/mol. The van der Waals surface area contributed by atoms with Gasteiger partial charge in [-0.05, 0) is 37.3 Å². The molecule has 5 heteroatoms. The molecule has 100 valence electrons. The first-order valence-electron chi connectivity index (χ1n) is 6.41. The van der Waals surface area contributed by atoms with E-state index in [4.69, 9.17) is 4.74 Å². The zero-order valence-corrected chi connectivity index (χ0v) is 11.0. The first-order chi connectivity index (χ1) is 9.13. The van der Waals surface area contributed by atoms with Crippen LogP contribution in [-0.2, 0) is 4.79 Å². The van der Waals surface area contributed by atoms with E-state index in [-0.39, 0.29) is 18.0 Å². The highest BCUT2D eigenvalue weighted by Crippen LogP contribution is 2.39. The minimum absolute atomic E-state index is 0.167. The zero-order chi connectivity index (χ0) is 13.6. The second kappa shape index (κ2) is 4.26. The van der Waals surface area contributed by atoms with Crippen LogP contribution in [0.2, 0.25) is 0 Å². The van der Waals surface area contributed by atoms with Crippen LogP contribution in [0.15, 0.2) is 18.2 Å². The van der Waals surface area contributed by atoms with Crippen molar-refractivity contribution in [2.45, 2.75) is 25.8 Å². The summed E-state index contributed by atoms with van der Waals surface area (Å²) in [6, 6.07) is 4.75. The Kier molecular flexibility index (Phi) is 2.69. The molecule has 0 unspecified atom stereocenters. The van der Waals surface area contributed by atoms with Crippen LogP contribution in [0.3, 0.4) is 0 Å². The van der Waals surface area contributed by atoms with Gasteiger partial charge in [0.15, 0.2) is 0 Å². The van der Waals surface area contributed by atoms with E-state index in [0.717, 1.165) is 18.4 Å². The number of para-hydroxylation sites is 1. The number of hydrogen-bond donors (Lipinski definition) is 1. The monoisotopic (exact) mass is 260 g/mol. The van der Waals surface area contributed by atoms with Gasteiger partial charge in [0.1, 0.15) is 11.8 Å². The van der Waals surface area contributed by atoms with Crippen LogP contribution < -0.4 is 15.0 Å². The fourth-order valence-corrected chi connectivity index (χ4v) is 2.54. The lowest BCUT2D eigenvalue weighted by molar-refractivity contribution is -0.118. The summed E-state index contributed by atoms with van der Waals surface area (Å²) >= 11 is 0. The summed E-state index contributed by atoms with van der Waals surface area (Å²) in [7, 11) is 1.54. The van der Waals surface area contributed by atoms with Gasteiger partial charge in [0.2, 0.25) is 0 Å². The van der Waals surface area contributed by atoms with E-state index in [0.29, 0.717) is 17.4 Å². The van der Waals surface area contributed by atoms with E-state index in [1.165, 1.54) is 12.0 Å². The van der Waals surface area contributed by atoms with Crippen molar-refractivity contribution in [2.75, 3.05) is 12.0 Å². The molecular formula is C14H16N2O3. The quantitative estimate of drug-likeness (QED) is 0.844. The second-order valence-corrected chi connectivity index (χ2v) is 5.06. The number of nitrogens with zero attached hydrogens (tertiary/aromatic N) is 1. The SMILES string of the molecule is COc1cccc(C)c1N1C(=O)N[C@H](C2CC2)C1=O. The van der Waals surface area contributed by atoms with Gasteiger partial charge >= 0.3 is 6.03 Å². The van der Waals surface area contributed by atoms with Gasteiger partial charge in [0.25, 0.3) is 5.91 Å². The highest BCUT2D eigenvalue weighted by molar-refractivity contribution is 6.22. The Balaban J connectivity index is 2.02. The van der Waals surface area contributed by atoms with Crippen LogP contribution in [-0.4, -0.2) is 25.1 Å². The number of anilines is 1. The Labute approximate surface area is 111 Å². The van der Waals surface area contributed by atoms with Crippen molar-refractivity contribution in [3.8, 4) is 5.75 Å². The molecule has 0 spiro atoms. The maximum Gasteiger partial charge on any atom is 0.329 e. The fourth-order valence-electron chi connectivity index (χ4n) is 2.54. The van der Waals surface area contributed by atoms with Crippen LogP contribution in [0.5, 0.6) is 5.75 Å². The smallest absolute Gasteiger partial charge is 0.329 e. The molecule has 1 aromatic carbocycles. The number of methoxy groups -OCH3 is 1. The number of carbonyl (C=O) groups excluding carboxylic acids is 2. The Morgan fingerprint density at radius 3 is 2.68 bits per heavy atom. The lowest BCUT2D eigenvalue weighted by Crippen LogP contribution is -2.33. The maximum absolute atomic E-state index is 12.4.